The third-order valence-electron chi connectivity index (χ3n) is 9.04. The van der Waals surface area contributed by atoms with Gasteiger partial charge in [0.1, 0.15) is 0 Å². The first-order valence-electron chi connectivity index (χ1n) is 19.5. The summed E-state index contributed by atoms with van der Waals surface area (Å²) in [7, 11) is 0. The van der Waals surface area contributed by atoms with Gasteiger partial charge in [0.2, 0.25) is 0 Å². The van der Waals surface area contributed by atoms with Crippen molar-refractivity contribution in [1.82, 2.24) is 0 Å². The Morgan fingerprint density at radius 1 is 0.292 bits per heavy atom. The summed E-state index contributed by atoms with van der Waals surface area (Å²) in [6, 6.07) is 47.4. The molecule has 0 saturated carbocycles. The van der Waals surface area contributed by atoms with E-state index in [2.05, 4.69) is 6.07 Å². The number of rotatable bonds is 5. The Bertz CT molecular complexity index is 2920. The van der Waals surface area contributed by atoms with Crippen molar-refractivity contribution in [2.24, 2.45) is 0 Å². The average Bonchev–Trinajstić information content (AvgIpc) is 3.23. The van der Waals surface area contributed by atoms with Gasteiger partial charge in [-0.3, -0.25) is 0 Å². The second kappa shape index (κ2) is 11.8. The molecule has 9 rings (SSSR count). The molecule has 9 aromatic carbocycles. The predicted molar refractivity (Wildman–Crippen MR) is 206 cm³/mol. The van der Waals surface area contributed by atoms with Crippen molar-refractivity contribution in [3.63, 3.8) is 0 Å². The summed E-state index contributed by atoms with van der Waals surface area (Å²) >= 11 is 0. The van der Waals surface area contributed by atoms with Crippen molar-refractivity contribution in [3.8, 4) is 55.6 Å². The Hall–Kier alpha value is -6.24. The fraction of sp³-hybridized carbons (Fsp3) is 0. The summed E-state index contributed by atoms with van der Waals surface area (Å²) < 4.78 is 66.2. The molecule has 0 heteroatoms. The van der Waals surface area contributed by atoms with Gasteiger partial charge < -0.3 is 0 Å². The molecule has 0 aliphatic carbocycles. The van der Waals surface area contributed by atoms with E-state index in [1.165, 1.54) is 0 Å². The summed E-state index contributed by atoms with van der Waals surface area (Å²) in [5.74, 6) is 0. The van der Waals surface area contributed by atoms with Crippen molar-refractivity contribution in [2.75, 3.05) is 0 Å². The van der Waals surface area contributed by atoms with E-state index in [4.69, 9.17) is 2.74 Å². The van der Waals surface area contributed by atoms with Crippen LogP contribution in [0.15, 0.2) is 194 Å². The molecule has 0 aromatic heterocycles. The van der Waals surface area contributed by atoms with E-state index in [0.29, 0.717) is 38.6 Å². The lowest BCUT2D eigenvalue weighted by Crippen LogP contribution is -1.93. The van der Waals surface area contributed by atoms with Gasteiger partial charge in [-0.15, -0.1) is 0 Å². The second-order valence-corrected chi connectivity index (χ2v) is 12.0. The van der Waals surface area contributed by atoms with Crippen LogP contribution in [-0.2, 0) is 0 Å². The van der Waals surface area contributed by atoms with Crippen LogP contribution in [0.4, 0.5) is 0 Å². The molecule has 0 fully saturated rings. The minimum Gasteiger partial charge on any atom is -0.0622 e. The van der Waals surface area contributed by atoms with Gasteiger partial charge in [-0.1, -0.05) is 164 Å². The second-order valence-electron chi connectivity index (χ2n) is 12.0. The van der Waals surface area contributed by atoms with Crippen LogP contribution in [0.5, 0.6) is 0 Å². The SMILES string of the molecule is [2H]c1c([2H])c([2H])c2c(-c3ccc4ccccc4c3)c3c([2H])c(-c4ccccc4)c([2H])c([2H])c3c(-c3cc(-c4ccccc4)cc(-c4ccccc4)c3)c2c1[2H]. The molecule has 9 aromatic rings. The van der Waals surface area contributed by atoms with Gasteiger partial charge in [-0.25, -0.2) is 0 Å². The monoisotopic (exact) mass is 615 g/mol. The molecule has 0 aliphatic rings. The minimum atomic E-state index is -0.394. The highest BCUT2D eigenvalue weighted by Gasteiger charge is 2.19. The summed E-state index contributed by atoms with van der Waals surface area (Å²) in [5.41, 5.74) is 6.65. The van der Waals surface area contributed by atoms with Crippen LogP contribution in [0.1, 0.15) is 9.60 Å². The highest BCUT2D eigenvalue weighted by atomic mass is 14.2. The molecule has 0 atom stereocenters. The molecule has 0 amide bonds. The van der Waals surface area contributed by atoms with E-state index >= 15 is 0 Å². The summed E-state index contributed by atoms with van der Waals surface area (Å²) in [5, 5.41) is 3.07. The molecular weight excluding hydrogens is 577 g/mol. The first-order valence-corrected chi connectivity index (χ1v) is 16.0. The molecule has 0 heterocycles. The Kier molecular flexibility index (Phi) is 5.31. The van der Waals surface area contributed by atoms with Crippen LogP contribution < -0.4 is 0 Å². The van der Waals surface area contributed by atoms with E-state index < -0.39 is 6.04 Å². The Morgan fingerprint density at radius 3 is 1.38 bits per heavy atom. The van der Waals surface area contributed by atoms with Crippen LogP contribution in [0.25, 0.3) is 88.0 Å². The summed E-state index contributed by atoms with van der Waals surface area (Å²) in [4.78, 5) is 0. The maximum absolute atomic E-state index is 9.98. The molecule has 0 radical (unpaired) electrons. The third kappa shape index (κ3) is 4.96. The number of hydrogen-bond acceptors (Lipinski definition) is 0. The zero-order valence-electron chi connectivity index (χ0n) is 32.9. The number of benzene rings is 9. The average molecular weight is 616 g/mol. The summed E-state index contributed by atoms with van der Waals surface area (Å²) in [6.45, 7) is 0. The highest BCUT2D eigenvalue weighted by molar-refractivity contribution is 6.22. The standard InChI is InChI=1S/C48H32/c1-4-14-33(15-5-1)38-26-27-45-46(32-38)47(39-25-24-36-20-10-11-21-37(36)28-39)43-22-12-13-23-44(43)48(45)42-30-40(34-16-6-2-7-17-34)29-41(31-42)35-18-8-3-9-19-35/h1-32H/i12D,13D,22D,23D,26D,27D,32D. The summed E-state index contributed by atoms with van der Waals surface area (Å²) in [6.07, 6.45) is 0. The van der Waals surface area contributed by atoms with Crippen LogP contribution in [-0.4, -0.2) is 0 Å². The zero-order valence-corrected chi connectivity index (χ0v) is 25.9. The molecule has 48 heavy (non-hydrogen) atoms. The van der Waals surface area contributed by atoms with E-state index in [-0.39, 0.29) is 52.6 Å². The molecule has 0 nitrogen and oxygen atoms in total. The van der Waals surface area contributed by atoms with Gasteiger partial charge >= 0.3 is 0 Å². The molecule has 0 N–H and O–H groups in total. The molecule has 0 spiro atoms. The van der Waals surface area contributed by atoms with Crippen molar-refractivity contribution in [1.29, 1.82) is 0 Å². The van der Waals surface area contributed by atoms with E-state index in [1.807, 2.05) is 146 Å². The van der Waals surface area contributed by atoms with Crippen molar-refractivity contribution in [2.45, 2.75) is 0 Å². The van der Waals surface area contributed by atoms with Crippen LogP contribution in [0.2, 0.25) is 0 Å². The minimum absolute atomic E-state index is 0.0171. The molecule has 0 saturated heterocycles. The van der Waals surface area contributed by atoms with Gasteiger partial charge in [0.25, 0.3) is 0 Å². The largest absolute Gasteiger partial charge is 0.0636 e. The predicted octanol–water partition coefficient (Wildman–Crippen LogP) is 13.5. The zero-order chi connectivity index (χ0) is 38.0. The Labute approximate surface area is 291 Å². The van der Waals surface area contributed by atoms with Gasteiger partial charge in [-0.05, 0) is 118 Å². The molecule has 0 aliphatic heterocycles. The first-order chi connectivity index (χ1) is 26.7. The maximum Gasteiger partial charge on any atom is 0.0636 e. The fourth-order valence-corrected chi connectivity index (χ4v) is 6.76. The molecule has 0 unspecified atom stereocenters. The van der Waals surface area contributed by atoms with Gasteiger partial charge in [0.15, 0.2) is 0 Å². The quantitative estimate of drug-likeness (QED) is 0.169. The van der Waals surface area contributed by atoms with E-state index in [9.17, 15) is 6.85 Å². The third-order valence-corrected chi connectivity index (χ3v) is 9.04. The van der Waals surface area contributed by atoms with Crippen LogP contribution >= 0.6 is 0 Å². The lowest BCUT2D eigenvalue weighted by molar-refractivity contribution is 1.58. The van der Waals surface area contributed by atoms with Crippen LogP contribution in [0.3, 0.4) is 0 Å². The number of hydrogen-bond donors (Lipinski definition) is 0. The fourth-order valence-electron chi connectivity index (χ4n) is 6.76. The molecule has 224 valence electrons. The van der Waals surface area contributed by atoms with Crippen LogP contribution in [0, 0.1) is 0 Å². The normalized spacial score (nSPS) is 13.4. The van der Waals surface area contributed by atoms with E-state index in [0.717, 1.165) is 33.0 Å². The lowest BCUT2D eigenvalue weighted by Gasteiger charge is -2.20. The Balaban J connectivity index is 1.55. The smallest absolute Gasteiger partial charge is 0.0622 e. The van der Waals surface area contributed by atoms with Crippen molar-refractivity contribution in [3.05, 3.63) is 194 Å². The number of fused-ring (bicyclic) bond motifs is 3. The lowest BCUT2D eigenvalue weighted by atomic mass is 9.83. The van der Waals surface area contributed by atoms with Crippen molar-refractivity contribution < 1.29 is 9.60 Å². The van der Waals surface area contributed by atoms with E-state index in [1.54, 1.807) is 0 Å². The maximum atomic E-state index is 9.98. The molecule has 0 bridgehead atoms. The molecular formula is C48H32. The highest BCUT2D eigenvalue weighted by Crippen LogP contribution is 2.46. The van der Waals surface area contributed by atoms with Gasteiger partial charge in [-0.2, -0.15) is 0 Å². The van der Waals surface area contributed by atoms with Crippen molar-refractivity contribution >= 4 is 32.3 Å². The Morgan fingerprint density at radius 2 is 0.771 bits per heavy atom. The van der Waals surface area contributed by atoms with Gasteiger partial charge in [0, 0.05) is 0 Å². The first kappa shape index (κ1) is 21.5. The topological polar surface area (TPSA) is 0 Å². The van der Waals surface area contributed by atoms with Gasteiger partial charge in [0.05, 0.1) is 9.60 Å².